The molecule has 0 unspecified atom stereocenters. The Morgan fingerprint density at radius 1 is 1.05 bits per heavy atom. The van der Waals surface area contributed by atoms with Gasteiger partial charge in [0.2, 0.25) is 0 Å². The van der Waals surface area contributed by atoms with E-state index in [1.807, 2.05) is 47.8 Å². The summed E-state index contributed by atoms with van der Waals surface area (Å²) in [6.45, 7) is 0. The molecule has 1 heterocycles. The number of ketones is 1. The number of carbonyl (C=O) groups is 1. The first kappa shape index (κ1) is 14.7. The summed E-state index contributed by atoms with van der Waals surface area (Å²) in [6, 6.07) is 16.7. The van der Waals surface area contributed by atoms with E-state index in [0.717, 1.165) is 16.3 Å². The van der Waals surface area contributed by atoms with Gasteiger partial charge < -0.3 is 0 Å². The van der Waals surface area contributed by atoms with Crippen LogP contribution in [0.2, 0.25) is 5.02 Å². The maximum absolute atomic E-state index is 12.0. The Hall–Kier alpha value is -2.23. The van der Waals surface area contributed by atoms with E-state index in [-0.39, 0.29) is 5.78 Å². The van der Waals surface area contributed by atoms with E-state index < -0.39 is 0 Å². The number of thiazole rings is 1. The van der Waals surface area contributed by atoms with Crippen molar-refractivity contribution in [3.8, 4) is 10.6 Å². The van der Waals surface area contributed by atoms with E-state index in [1.165, 1.54) is 11.3 Å². The third kappa shape index (κ3) is 3.50. The zero-order valence-electron chi connectivity index (χ0n) is 11.6. The average molecular weight is 326 g/mol. The molecule has 4 heteroatoms. The van der Waals surface area contributed by atoms with Crippen LogP contribution in [0.15, 0.2) is 66.1 Å². The van der Waals surface area contributed by atoms with E-state index in [4.69, 9.17) is 11.6 Å². The number of nitrogens with zero attached hydrogens (tertiary/aromatic N) is 1. The molecular weight excluding hydrogens is 314 g/mol. The van der Waals surface area contributed by atoms with Gasteiger partial charge in [0.25, 0.3) is 0 Å². The normalized spacial score (nSPS) is 11.0. The summed E-state index contributed by atoms with van der Waals surface area (Å²) in [6.07, 6.45) is 3.29. The molecule has 0 aliphatic carbocycles. The Bertz CT molecular complexity index is 807. The van der Waals surface area contributed by atoms with E-state index >= 15 is 0 Å². The molecule has 0 spiro atoms. The molecule has 0 aliphatic heterocycles. The zero-order valence-corrected chi connectivity index (χ0v) is 13.1. The maximum Gasteiger partial charge on any atom is 0.185 e. The van der Waals surface area contributed by atoms with E-state index in [1.54, 1.807) is 24.3 Å². The monoisotopic (exact) mass is 325 g/mol. The number of allylic oxidation sites excluding steroid dienone is 1. The van der Waals surface area contributed by atoms with Gasteiger partial charge in [-0.05, 0) is 24.3 Å². The molecule has 0 amide bonds. The summed E-state index contributed by atoms with van der Waals surface area (Å²) in [4.78, 5) is 16.5. The molecule has 0 aliphatic rings. The Labute approximate surface area is 137 Å². The minimum absolute atomic E-state index is 0.0263. The molecule has 3 aromatic rings. The Kier molecular flexibility index (Phi) is 4.47. The topological polar surface area (TPSA) is 30.0 Å². The van der Waals surface area contributed by atoms with E-state index in [0.29, 0.717) is 10.6 Å². The van der Waals surface area contributed by atoms with Crippen LogP contribution in [0.5, 0.6) is 0 Å². The molecule has 0 saturated heterocycles. The molecule has 22 heavy (non-hydrogen) atoms. The van der Waals surface area contributed by atoms with Crippen molar-refractivity contribution in [1.29, 1.82) is 0 Å². The molecule has 0 saturated carbocycles. The Morgan fingerprint density at radius 2 is 1.77 bits per heavy atom. The van der Waals surface area contributed by atoms with Crippen LogP contribution in [-0.4, -0.2) is 10.8 Å². The van der Waals surface area contributed by atoms with Crippen LogP contribution in [0.4, 0.5) is 0 Å². The first-order valence-corrected chi connectivity index (χ1v) is 7.97. The van der Waals surface area contributed by atoms with Gasteiger partial charge in [0.15, 0.2) is 5.78 Å². The van der Waals surface area contributed by atoms with Crippen molar-refractivity contribution >= 4 is 34.8 Å². The number of hydrogen-bond acceptors (Lipinski definition) is 3. The number of hydrogen-bond donors (Lipinski definition) is 0. The van der Waals surface area contributed by atoms with Crippen molar-refractivity contribution < 1.29 is 4.79 Å². The smallest absolute Gasteiger partial charge is 0.185 e. The predicted octanol–water partition coefficient (Wildman–Crippen LogP) is 5.36. The van der Waals surface area contributed by atoms with Crippen LogP contribution in [0.25, 0.3) is 16.6 Å². The van der Waals surface area contributed by atoms with Gasteiger partial charge in [0, 0.05) is 21.5 Å². The second kappa shape index (κ2) is 6.69. The number of halogens is 1. The predicted molar refractivity (Wildman–Crippen MR) is 92.4 cm³/mol. The van der Waals surface area contributed by atoms with Crippen molar-refractivity contribution in [2.75, 3.05) is 0 Å². The zero-order chi connectivity index (χ0) is 15.4. The van der Waals surface area contributed by atoms with Gasteiger partial charge in [-0.25, -0.2) is 4.98 Å². The van der Waals surface area contributed by atoms with E-state index in [2.05, 4.69) is 4.98 Å². The van der Waals surface area contributed by atoms with Gasteiger partial charge in [-0.2, -0.15) is 0 Å². The van der Waals surface area contributed by atoms with Crippen LogP contribution in [0.3, 0.4) is 0 Å². The molecule has 3 rings (SSSR count). The third-order valence-electron chi connectivity index (χ3n) is 3.08. The highest BCUT2D eigenvalue weighted by atomic mass is 35.5. The highest BCUT2D eigenvalue weighted by Gasteiger charge is 2.04. The van der Waals surface area contributed by atoms with Crippen LogP contribution < -0.4 is 0 Å². The van der Waals surface area contributed by atoms with Crippen molar-refractivity contribution in [2.24, 2.45) is 0 Å². The number of carbonyl (C=O) groups excluding carboxylic acids is 1. The minimum Gasteiger partial charge on any atom is -0.289 e. The number of aromatic nitrogens is 1. The summed E-state index contributed by atoms with van der Waals surface area (Å²) in [7, 11) is 0. The van der Waals surface area contributed by atoms with Crippen molar-refractivity contribution in [3.63, 3.8) is 0 Å². The largest absolute Gasteiger partial charge is 0.289 e. The highest BCUT2D eigenvalue weighted by molar-refractivity contribution is 7.13. The highest BCUT2D eigenvalue weighted by Crippen LogP contribution is 2.25. The minimum atomic E-state index is -0.0263. The fourth-order valence-electron chi connectivity index (χ4n) is 1.95. The number of benzene rings is 2. The first-order valence-electron chi connectivity index (χ1n) is 6.71. The van der Waals surface area contributed by atoms with Crippen LogP contribution >= 0.6 is 22.9 Å². The summed E-state index contributed by atoms with van der Waals surface area (Å²) in [5.74, 6) is -0.0263. The standard InChI is InChI=1S/C18H12ClNOS/c19-15-8-6-14(7-9-15)18-20-16(12-22-18)10-11-17(21)13-4-2-1-3-5-13/h1-12H. The Balaban J connectivity index is 1.75. The lowest BCUT2D eigenvalue weighted by Crippen LogP contribution is -1.92. The summed E-state index contributed by atoms with van der Waals surface area (Å²) in [5, 5.41) is 3.54. The van der Waals surface area contributed by atoms with E-state index in [9.17, 15) is 4.79 Å². The second-order valence-electron chi connectivity index (χ2n) is 4.65. The van der Waals surface area contributed by atoms with Crippen LogP contribution in [-0.2, 0) is 0 Å². The molecule has 0 N–H and O–H groups in total. The summed E-state index contributed by atoms with van der Waals surface area (Å²) in [5.41, 5.74) is 2.47. The van der Waals surface area contributed by atoms with Crippen molar-refractivity contribution in [1.82, 2.24) is 4.98 Å². The molecule has 2 nitrogen and oxygen atoms in total. The molecule has 0 atom stereocenters. The molecular formula is C18H12ClNOS. The lowest BCUT2D eigenvalue weighted by atomic mass is 10.1. The molecule has 1 aromatic heterocycles. The lowest BCUT2D eigenvalue weighted by molar-refractivity contribution is 0.104. The quantitative estimate of drug-likeness (QED) is 0.477. The summed E-state index contributed by atoms with van der Waals surface area (Å²) < 4.78 is 0. The second-order valence-corrected chi connectivity index (χ2v) is 5.94. The first-order chi connectivity index (χ1) is 10.7. The number of rotatable bonds is 4. The van der Waals surface area contributed by atoms with Gasteiger partial charge >= 0.3 is 0 Å². The van der Waals surface area contributed by atoms with Gasteiger partial charge in [-0.3, -0.25) is 4.79 Å². The summed E-state index contributed by atoms with van der Waals surface area (Å²) >= 11 is 7.42. The molecule has 2 aromatic carbocycles. The molecule has 0 fully saturated rings. The van der Waals surface area contributed by atoms with Gasteiger partial charge in [-0.15, -0.1) is 11.3 Å². The van der Waals surface area contributed by atoms with Gasteiger partial charge in [-0.1, -0.05) is 54.1 Å². The Morgan fingerprint density at radius 3 is 2.50 bits per heavy atom. The van der Waals surface area contributed by atoms with Crippen molar-refractivity contribution in [2.45, 2.75) is 0 Å². The van der Waals surface area contributed by atoms with Crippen LogP contribution in [0, 0.1) is 0 Å². The third-order valence-corrected chi connectivity index (χ3v) is 4.24. The lowest BCUT2D eigenvalue weighted by Gasteiger charge is -1.95. The maximum atomic E-state index is 12.0. The molecule has 108 valence electrons. The van der Waals surface area contributed by atoms with Crippen LogP contribution in [0.1, 0.15) is 16.1 Å². The fourth-order valence-corrected chi connectivity index (χ4v) is 2.87. The van der Waals surface area contributed by atoms with Gasteiger partial charge in [0.1, 0.15) is 5.01 Å². The van der Waals surface area contributed by atoms with Crippen molar-refractivity contribution in [3.05, 3.63) is 82.3 Å². The fraction of sp³-hybridized carbons (Fsp3) is 0. The molecule has 0 radical (unpaired) electrons. The average Bonchev–Trinajstić information content (AvgIpc) is 3.03. The molecule has 0 bridgehead atoms. The van der Waals surface area contributed by atoms with Gasteiger partial charge in [0.05, 0.1) is 5.69 Å². The SMILES string of the molecule is O=C(C=Cc1csc(-c2ccc(Cl)cc2)n1)c1ccccc1.